The zero-order valence-electron chi connectivity index (χ0n) is 8.10. The molecule has 0 saturated heterocycles. The van der Waals surface area contributed by atoms with E-state index in [1.807, 2.05) is 35.3 Å². The Balaban J connectivity index is 2.14. The van der Waals surface area contributed by atoms with Crippen molar-refractivity contribution >= 4 is 15.9 Å². The van der Waals surface area contributed by atoms with Crippen molar-refractivity contribution in [3.05, 3.63) is 52.5 Å². The quantitative estimate of drug-likeness (QED) is 0.925. The van der Waals surface area contributed by atoms with Crippen LogP contribution in [0.4, 0.5) is 0 Å². The highest BCUT2D eigenvalue weighted by Crippen LogP contribution is 2.11. The van der Waals surface area contributed by atoms with Gasteiger partial charge in [0.15, 0.2) is 0 Å². The Kier molecular flexibility index (Phi) is 3.18. The lowest BCUT2D eigenvalue weighted by Crippen LogP contribution is -1.96. The van der Waals surface area contributed by atoms with E-state index in [-0.39, 0.29) is 6.61 Å². The van der Waals surface area contributed by atoms with Crippen molar-refractivity contribution < 1.29 is 5.11 Å². The second kappa shape index (κ2) is 4.59. The molecule has 2 aromatic heterocycles. The van der Waals surface area contributed by atoms with E-state index >= 15 is 0 Å². The highest BCUT2D eigenvalue weighted by Gasteiger charge is 1.98. The van der Waals surface area contributed by atoms with Crippen molar-refractivity contribution in [2.45, 2.75) is 13.2 Å². The first-order valence-corrected chi connectivity index (χ1v) is 5.42. The maximum absolute atomic E-state index is 8.93. The molecule has 4 heteroatoms. The van der Waals surface area contributed by atoms with Crippen molar-refractivity contribution in [1.82, 2.24) is 9.55 Å². The molecular weight excluding hydrogens is 256 g/mol. The van der Waals surface area contributed by atoms with E-state index in [2.05, 4.69) is 20.9 Å². The van der Waals surface area contributed by atoms with Crippen molar-refractivity contribution in [2.24, 2.45) is 0 Å². The number of nitrogens with zero attached hydrogens (tertiary/aromatic N) is 2. The highest BCUT2D eigenvalue weighted by molar-refractivity contribution is 9.10. The lowest BCUT2D eigenvalue weighted by Gasteiger charge is -2.02. The molecule has 15 heavy (non-hydrogen) atoms. The normalized spacial score (nSPS) is 10.5. The smallest absolute Gasteiger partial charge is 0.0696 e. The predicted molar refractivity (Wildman–Crippen MR) is 61.4 cm³/mol. The SMILES string of the molecule is OCc1ccn(Cc2cncc(Br)c2)c1. The predicted octanol–water partition coefficient (Wildman–Crippen LogP) is 2.19. The number of halogens is 1. The highest BCUT2D eigenvalue weighted by atomic mass is 79.9. The third kappa shape index (κ3) is 2.67. The summed E-state index contributed by atoms with van der Waals surface area (Å²) in [6, 6.07) is 3.94. The molecule has 3 nitrogen and oxygen atoms in total. The second-order valence-electron chi connectivity index (χ2n) is 3.36. The number of pyridine rings is 1. The fourth-order valence-corrected chi connectivity index (χ4v) is 1.85. The van der Waals surface area contributed by atoms with Gasteiger partial charge in [-0.15, -0.1) is 0 Å². The van der Waals surface area contributed by atoms with Crippen LogP contribution >= 0.6 is 15.9 Å². The minimum Gasteiger partial charge on any atom is -0.392 e. The maximum Gasteiger partial charge on any atom is 0.0696 e. The van der Waals surface area contributed by atoms with Crippen LogP contribution in [0.15, 0.2) is 41.4 Å². The van der Waals surface area contributed by atoms with Crippen LogP contribution in [0.25, 0.3) is 0 Å². The lowest BCUT2D eigenvalue weighted by atomic mass is 10.3. The number of aliphatic hydroxyl groups excluding tert-OH is 1. The van der Waals surface area contributed by atoms with Gasteiger partial charge in [0.25, 0.3) is 0 Å². The van der Waals surface area contributed by atoms with Crippen molar-refractivity contribution in [3.63, 3.8) is 0 Å². The molecule has 0 radical (unpaired) electrons. The molecule has 0 aliphatic carbocycles. The molecule has 0 bridgehead atoms. The van der Waals surface area contributed by atoms with Crippen LogP contribution in [0.3, 0.4) is 0 Å². The van der Waals surface area contributed by atoms with E-state index in [4.69, 9.17) is 5.11 Å². The van der Waals surface area contributed by atoms with Crippen LogP contribution in [-0.2, 0) is 13.2 Å². The van der Waals surface area contributed by atoms with Crippen LogP contribution in [0.5, 0.6) is 0 Å². The van der Waals surface area contributed by atoms with Gasteiger partial charge in [-0.2, -0.15) is 0 Å². The van der Waals surface area contributed by atoms with Crippen LogP contribution < -0.4 is 0 Å². The molecule has 1 N–H and O–H groups in total. The average molecular weight is 267 g/mol. The number of rotatable bonds is 3. The average Bonchev–Trinajstić information content (AvgIpc) is 2.65. The Labute approximate surface area is 96.5 Å². The number of aliphatic hydroxyl groups is 1. The summed E-state index contributed by atoms with van der Waals surface area (Å²) in [5, 5.41) is 8.93. The Bertz CT molecular complexity index is 453. The summed E-state index contributed by atoms with van der Waals surface area (Å²) in [6.45, 7) is 0.857. The van der Waals surface area contributed by atoms with Gasteiger partial charge in [0.05, 0.1) is 6.61 Å². The third-order valence-corrected chi connectivity index (χ3v) is 2.55. The second-order valence-corrected chi connectivity index (χ2v) is 4.28. The molecule has 2 aromatic rings. The molecule has 0 saturated carbocycles. The van der Waals surface area contributed by atoms with E-state index in [0.717, 1.165) is 22.1 Å². The Hall–Kier alpha value is -1.13. The summed E-state index contributed by atoms with van der Waals surface area (Å²) in [5.41, 5.74) is 2.06. The zero-order chi connectivity index (χ0) is 10.7. The molecule has 0 atom stereocenters. The van der Waals surface area contributed by atoms with E-state index in [0.29, 0.717) is 0 Å². The van der Waals surface area contributed by atoms with Gasteiger partial charge in [-0.1, -0.05) is 0 Å². The fraction of sp³-hybridized carbons (Fsp3) is 0.182. The first-order chi connectivity index (χ1) is 7.28. The molecule has 0 spiro atoms. The summed E-state index contributed by atoms with van der Waals surface area (Å²) in [5.74, 6) is 0. The van der Waals surface area contributed by atoms with E-state index in [1.54, 1.807) is 6.20 Å². The monoisotopic (exact) mass is 266 g/mol. The zero-order valence-corrected chi connectivity index (χ0v) is 9.68. The van der Waals surface area contributed by atoms with Crippen LogP contribution in [0.1, 0.15) is 11.1 Å². The standard InChI is InChI=1S/C11H11BrN2O/c12-11-3-10(4-13-5-11)7-14-2-1-9(6-14)8-15/h1-6,15H,7-8H2. The van der Waals surface area contributed by atoms with Crippen molar-refractivity contribution in [1.29, 1.82) is 0 Å². The minimum atomic E-state index is 0.0870. The first-order valence-electron chi connectivity index (χ1n) is 4.63. The third-order valence-electron chi connectivity index (χ3n) is 2.12. The molecule has 78 valence electrons. The largest absolute Gasteiger partial charge is 0.392 e. The van der Waals surface area contributed by atoms with Gasteiger partial charge in [-0.25, -0.2) is 0 Å². The summed E-state index contributed by atoms with van der Waals surface area (Å²) in [6.07, 6.45) is 7.48. The molecule has 0 amide bonds. The summed E-state index contributed by atoms with van der Waals surface area (Å²) >= 11 is 3.38. The fourth-order valence-electron chi connectivity index (χ4n) is 1.44. The molecule has 2 heterocycles. The number of aromatic nitrogens is 2. The van der Waals surface area contributed by atoms with Gasteiger partial charge < -0.3 is 9.67 Å². The van der Waals surface area contributed by atoms with Gasteiger partial charge >= 0.3 is 0 Å². The van der Waals surface area contributed by atoms with Crippen LogP contribution in [0, 0.1) is 0 Å². The molecule has 0 fully saturated rings. The van der Waals surface area contributed by atoms with Gasteiger partial charge in [0.2, 0.25) is 0 Å². The Morgan fingerprint density at radius 2 is 2.20 bits per heavy atom. The van der Waals surface area contributed by atoms with Crippen molar-refractivity contribution in [2.75, 3.05) is 0 Å². The summed E-state index contributed by atoms with van der Waals surface area (Å²) < 4.78 is 3.00. The van der Waals surface area contributed by atoms with E-state index in [1.165, 1.54) is 0 Å². The first kappa shape index (κ1) is 10.4. The molecular formula is C11H11BrN2O. The Morgan fingerprint density at radius 3 is 2.87 bits per heavy atom. The lowest BCUT2D eigenvalue weighted by molar-refractivity contribution is 0.282. The van der Waals surface area contributed by atoms with Crippen LogP contribution in [-0.4, -0.2) is 14.7 Å². The topological polar surface area (TPSA) is 38.0 Å². The van der Waals surface area contributed by atoms with E-state index in [9.17, 15) is 0 Å². The molecule has 0 aromatic carbocycles. The number of hydrogen-bond donors (Lipinski definition) is 1. The summed E-state index contributed by atoms with van der Waals surface area (Å²) in [4.78, 5) is 4.10. The van der Waals surface area contributed by atoms with Gasteiger partial charge in [-0.3, -0.25) is 4.98 Å². The van der Waals surface area contributed by atoms with E-state index < -0.39 is 0 Å². The summed E-state index contributed by atoms with van der Waals surface area (Å²) in [7, 11) is 0. The van der Waals surface area contributed by atoms with Gasteiger partial charge in [0, 0.05) is 35.8 Å². The minimum absolute atomic E-state index is 0.0870. The molecule has 2 rings (SSSR count). The molecule has 0 aliphatic heterocycles. The maximum atomic E-state index is 8.93. The Morgan fingerprint density at radius 1 is 1.33 bits per heavy atom. The molecule has 0 unspecified atom stereocenters. The number of hydrogen-bond acceptors (Lipinski definition) is 2. The van der Waals surface area contributed by atoms with Crippen molar-refractivity contribution in [3.8, 4) is 0 Å². The van der Waals surface area contributed by atoms with Crippen LogP contribution in [0.2, 0.25) is 0 Å². The van der Waals surface area contributed by atoms with Gasteiger partial charge in [0.1, 0.15) is 0 Å². The van der Waals surface area contributed by atoms with Gasteiger partial charge in [-0.05, 0) is 39.2 Å². The molecule has 0 aliphatic rings.